The number of ether oxygens (including phenoxy) is 2. The molecule has 1 aromatic heterocycles. The number of rotatable bonds is 7. The number of aliphatic hydroxyl groups is 1. The van der Waals surface area contributed by atoms with Gasteiger partial charge in [-0.25, -0.2) is 13.4 Å². The number of nitrogens with one attached hydrogen (secondary N) is 1. The normalized spacial score (nSPS) is 22.3. The van der Waals surface area contributed by atoms with Gasteiger partial charge in [0.15, 0.2) is 0 Å². The van der Waals surface area contributed by atoms with Crippen molar-refractivity contribution >= 4 is 15.7 Å². The Labute approximate surface area is 130 Å². The van der Waals surface area contributed by atoms with Gasteiger partial charge in [0.05, 0.1) is 12.7 Å². The van der Waals surface area contributed by atoms with Crippen LogP contribution in [0.15, 0.2) is 18.3 Å². The molecule has 0 aliphatic heterocycles. The summed E-state index contributed by atoms with van der Waals surface area (Å²) in [5.74, 6) is 0.202. The predicted molar refractivity (Wildman–Crippen MR) is 82.4 cm³/mol. The lowest BCUT2D eigenvalue weighted by Gasteiger charge is -2.27. The van der Waals surface area contributed by atoms with Gasteiger partial charge in [-0.15, -0.1) is 0 Å². The van der Waals surface area contributed by atoms with Gasteiger partial charge in [-0.1, -0.05) is 12.8 Å². The summed E-state index contributed by atoms with van der Waals surface area (Å²) in [4.78, 5) is 4.03. The average molecular weight is 330 g/mol. The van der Waals surface area contributed by atoms with Crippen molar-refractivity contribution in [1.82, 2.24) is 4.98 Å². The van der Waals surface area contributed by atoms with Crippen molar-refractivity contribution in [3.63, 3.8) is 0 Å². The first-order valence-electron chi connectivity index (χ1n) is 7.31. The number of nitrogens with zero attached hydrogens (tertiary/aromatic N) is 1. The third-order valence-corrected chi connectivity index (χ3v) is 5.47. The predicted octanol–water partition coefficient (Wildman–Crippen LogP) is 1.15. The Morgan fingerprint density at radius 2 is 2.14 bits per heavy atom. The van der Waals surface area contributed by atoms with Crippen LogP contribution in [-0.4, -0.2) is 50.2 Å². The molecule has 0 radical (unpaired) electrons. The van der Waals surface area contributed by atoms with E-state index in [9.17, 15) is 13.5 Å². The highest BCUT2D eigenvalue weighted by Gasteiger charge is 2.35. The van der Waals surface area contributed by atoms with Gasteiger partial charge in [-0.2, -0.15) is 0 Å². The number of hydrogen-bond donors (Lipinski definition) is 2. The van der Waals surface area contributed by atoms with Gasteiger partial charge in [0.2, 0.25) is 15.9 Å². The molecular weight excluding hydrogens is 308 g/mol. The summed E-state index contributed by atoms with van der Waals surface area (Å²) in [5.41, 5.74) is 0.274. The zero-order chi connectivity index (χ0) is 16.0. The Hall–Kier alpha value is -1.38. The SMILES string of the molecule is COCCOc1ncccc1NS(=O)(=O)[C@@H]1CCCC[C@@H]1O. The maximum atomic E-state index is 12.5. The van der Waals surface area contributed by atoms with E-state index in [0.29, 0.717) is 19.4 Å². The molecule has 0 spiro atoms. The molecule has 1 fully saturated rings. The fourth-order valence-corrected chi connectivity index (χ4v) is 4.11. The molecule has 0 aromatic carbocycles. The lowest BCUT2D eigenvalue weighted by Crippen LogP contribution is -2.40. The van der Waals surface area contributed by atoms with Crippen LogP contribution in [0.25, 0.3) is 0 Å². The molecule has 7 nitrogen and oxygen atoms in total. The highest BCUT2D eigenvalue weighted by atomic mass is 32.2. The van der Waals surface area contributed by atoms with Gasteiger partial charge in [0.25, 0.3) is 0 Å². The monoisotopic (exact) mass is 330 g/mol. The van der Waals surface area contributed by atoms with E-state index in [2.05, 4.69) is 9.71 Å². The number of anilines is 1. The van der Waals surface area contributed by atoms with E-state index in [1.54, 1.807) is 19.2 Å². The summed E-state index contributed by atoms with van der Waals surface area (Å²) in [6.45, 7) is 0.651. The Bertz CT molecular complexity index is 578. The molecule has 2 atom stereocenters. The molecule has 1 aromatic rings. The Kier molecular flexibility index (Phi) is 5.98. The molecule has 22 heavy (non-hydrogen) atoms. The quantitative estimate of drug-likeness (QED) is 0.728. The van der Waals surface area contributed by atoms with Gasteiger partial charge in [-0.05, 0) is 25.0 Å². The molecule has 0 unspecified atom stereocenters. The van der Waals surface area contributed by atoms with Crippen LogP contribution in [0.3, 0.4) is 0 Å². The van der Waals surface area contributed by atoms with Gasteiger partial charge in [0.1, 0.15) is 17.5 Å². The zero-order valence-electron chi connectivity index (χ0n) is 12.6. The third-order valence-electron chi connectivity index (χ3n) is 3.62. The summed E-state index contributed by atoms with van der Waals surface area (Å²) >= 11 is 0. The van der Waals surface area contributed by atoms with Gasteiger partial charge >= 0.3 is 0 Å². The molecule has 1 heterocycles. The van der Waals surface area contributed by atoms with Gasteiger partial charge < -0.3 is 14.6 Å². The van der Waals surface area contributed by atoms with E-state index in [1.165, 1.54) is 6.20 Å². The first-order valence-corrected chi connectivity index (χ1v) is 8.85. The Morgan fingerprint density at radius 1 is 1.36 bits per heavy atom. The lowest BCUT2D eigenvalue weighted by atomic mass is 9.97. The smallest absolute Gasteiger partial charge is 0.238 e. The maximum Gasteiger partial charge on any atom is 0.238 e. The molecule has 124 valence electrons. The second-order valence-corrected chi connectivity index (χ2v) is 7.13. The first kappa shape index (κ1) is 17.0. The van der Waals surface area contributed by atoms with Crippen LogP contribution >= 0.6 is 0 Å². The molecule has 2 rings (SSSR count). The summed E-state index contributed by atoms with van der Waals surface area (Å²) < 4.78 is 37.7. The minimum atomic E-state index is -3.69. The summed E-state index contributed by atoms with van der Waals surface area (Å²) in [5, 5.41) is 9.14. The van der Waals surface area contributed by atoms with Crippen molar-refractivity contribution in [2.24, 2.45) is 0 Å². The van der Waals surface area contributed by atoms with E-state index in [4.69, 9.17) is 9.47 Å². The van der Waals surface area contributed by atoms with Crippen LogP contribution in [0.2, 0.25) is 0 Å². The number of pyridine rings is 1. The second-order valence-electron chi connectivity index (χ2n) is 5.23. The van der Waals surface area contributed by atoms with Crippen molar-refractivity contribution in [3.8, 4) is 5.88 Å². The highest BCUT2D eigenvalue weighted by Crippen LogP contribution is 2.28. The first-order chi connectivity index (χ1) is 10.5. The van der Waals surface area contributed by atoms with Crippen molar-refractivity contribution < 1.29 is 23.0 Å². The lowest BCUT2D eigenvalue weighted by molar-refractivity contribution is 0.133. The summed E-state index contributed by atoms with van der Waals surface area (Å²) in [6.07, 6.45) is 3.31. The number of hydrogen-bond acceptors (Lipinski definition) is 6. The number of aromatic nitrogens is 1. The summed E-state index contributed by atoms with van der Waals surface area (Å²) in [6, 6.07) is 3.21. The van der Waals surface area contributed by atoms with E-state index in [0.717, 1.165) is 12.8 Å². The standard InChI is InChI=1S/C14H22N2O5S/c1-20-9-10-21-14-11(5-4-8-15-14)16-22(18,19)13-7-3-2-6-12(13)17/h4-5,8,12-13,16-17H,2-3,6-7,9-10H2,1H3/t12-,13+/m0/s1. The van der Waals surface area contributed by atoms with Crippen LogP contribution < -0.4 is 9.46 Å². The van der Waals surface area contributed by atoms with E-state index in [-0.39, 0.29) is 18.2 Å². The summed E-state index contributed by atoms with van der Waals surface area (Å²) in [7, 11) is -2.14. The second kappa shape index (κ2) is 7.75. The largest absolute Gasteiger partial charge is 0.474 e. The van der Waals surface area contributed by atoms with Crippen LogP contribution in [0.1, 0.15) is 25.7 Å². The van der Waals surface area contributed by atoms with E-state index >= 15 is 0 Å². The van der Waals surface area contributed by atoms with E-state index in [1.807, 2.05) is 0 Å². The van der Waals surface area contributed by atoms with Crippen molar-refractivity contribution in [2.45, 2.75) is 37.0 Å². The van der Waals surface area contributed by atoms with Crippen LogP contribution in [0, 0.1) is 0 Å². The minimum Gasteiger partial charge on any atom is -0.474 e. The molecule has 1 aliphatic carbocycles. The fourth-order valence-electron chi connectivity index (χ4n) is 2.47. The minimum absolute atomic E-state index is 0.202. The van der Waals surface area contributed by atoms with Crippen molar-refractivity contribution in [2.75, 3.05) is 25.0 Å². The number of sulfonamides is 1. The highest BCUT2D eigenvalue weighted by molar-refractivity contribution is 7.93. The van der Waals surface area contributed by atoms with Crippen LogP contribution in [0.5, 0.6) is 5.88 Å². The fraction of sp³-hybridized carbons (Fsp3) is 0.643. The molecule has 0 bridgehead atoms. The topological polar surface area (TPSA) is 97.8 Å². The van der Waals surface area contributed by atoms with Crippen molar-refractivity contribution in [3.05, 3.63) is 18.3 Å². The Morgan fingerprint density at radius 3 is 2.86 bits per heavy atom. The van der Waals surface area contributed by atoms with E-state index < -0.39 is 21.4 Å². The molecule has 0 amide bonds. The molecular formula is C14H22N2O5S. The average Bonchev–Trinajstić information content (AvgIpc) is 2.49. The molecule has 8 heteroatoms. The molecule has 1 aliphatic rings. The van der Waals surface area contributed by atoms with Crippen LogP contribution in [0.4, 0.5) is 5.69 Å². The number of aliphatic hydroxyl groups excluding tert-OH is 1. The molecule has 0 saturated heterocycles. The van der Waals surface area contributed by atoms with Gasteiger partial charge in [-0.3, -0.25) is 4.72 Å². The van der Waals surface area contributed by atoms with Crippen LogP contribution in [-0.2, 0) is 14.8 Å². The maximum absolute atomic E-state index is 12.5. The number of methoxy groups -OCH3 is 1. The third kappa shape index (κ3) is 4.31. The molecule has 2 N–H and O–H groups in total. The van der Waals surface area contributed by atoms with Gasteiger partial charge in [0, 0.05) is 13.3 Å². The molecule has 1 saturated carbocycles. The van der Waals surface area contributed by atoms with Crippen molar-refractivity contribution in [1.29, 1.82) is 0 Å². The zero-order valence-corrected chi connectivity index (χ0v) is 13.4. The Balaban J connectivity index is 2.11.